The molecule has 0 saturated heterocycles. The van der Waals surface area contributed by atoms with Crippen molar-refractivity contribution in [2.75, 3.05) is 26.7 Å². The Morgan fingerprint density at radius 2 is 1.96 bits per heavy atom. The van der Waals surface area contributed by atoms with Crippen LogP contribution in [0.5, 0.6) is 5.75 Å². The van der Waals surface area contributed by atoms with E-state index < -0.39 is 0 Å². The molecule has 6 heteroatoms. The second-order valence-electron chi connectivity index (χ2n) is 6.27. The van der Waals surface area contributed by atoms with E-state index in [9.17, 15) is 0 Å². The van der Waals surface area contributed by atoms with Gasteiger partial charge in [-0.15, -0.1) is 0 Å². The van der Waals surface area contributed by atoms with E-state index >= 15 is 0 Å². The number of nitrogens with zero attached hydrogens (tertiary/aromatic N) is 3. The lowest BCUT2D eigenvalue weighted by Crippen LogP contribution is -2.38. The Morgan fingerprint density at radius 1 is 1.19 bits per heavy atom. The molecule has 1 aromatic carbocycles. The second-order valence-corrected chi connectivity index (χ2v) is 6.27. The highest BCUT2D eigenvalue weighted by atomic mass is 16.5. The van der Waals surface area contributed by atoms with E-state index in [0.29, 0.717) is 0 Å². The fraction of sp³-hybridized carbons (Fsp3) is 0.500. The average molecular weight is 358 g/mol. The number of nitrogens with one attached hydrogen (secondary N) is 2. The third-order valence-electron chi connectivity index (χ3n) is 4.51. The Morgan fingerprint density at radius 3 is 2.62 bits per heavy atom. The molecule has 1 heterocycles. The molecule has 0 bridgehead atoms. The number of aromatic nitrogens is 2. The predicted molar refractivity (Wildman–Crippen MR) is 107 cm³/mol. The van der Waals surface area contributed by atoms with Gasteiger partial charge >= 0.3 is 0 Å². The number of aliphatic imine (C=N–C) groups is 1. The number of guanidine groups is 1. The van der Waals surface area contributed by atoms with Crippen LogP contribution in [0.15, 0.2) is 29.3 Å². The van der Waals surface area contributed by atoms with Gasteiger partial charge in [-0.2, -0.15) is 5.10 Å². The van der Waals surface area contributed by atoms with Crippen LogP contribution in [0, 0.1) is 13.8 Å². The Hall–Kier alpha value is -2.50. The predicted octanol–water partition coefficient (Wildman–Crippen LogP) is 2.39. The van der Waals surface area contributed by atoms with Crippen LogP contribution >= 0.6 is 0 Å². The molecule has 0 spiro atoms. The minimum absolute atomic E-state index is 0.733. The van der Waals surface area contributed by atoms with E-state index in [1.165, 1.54) is 16.8 Å². The van der Waals surface area contributed by atoms with Crippen molar-refractivity contribution in [3.05, 3.63) is 46.8 Å². The van der Waals surface area contributed by atoms with Gasteiger partial charge < -0.3 is 15.4 Å². The monoisotopic (exact) mass is 357 g/mol. The number of methoxy groups -OCH3 is 1. The van der Waals surface area contributed by atoms with Crippen molar-refractivity contribution >= 4 is 5.96 Å². The first-order chi connectivity index (χ1) is 12.6. The lowest BCUT2D eigenvalue weighted by molar-refractivity contribution is 0.409. The number of rotatable bonds is 8. The van der Waals surface area contributed by atoms with Crippen LogP contribution in [0.4, 0.5) is 0 Å². The van der Waals surface area contributed by atoms with Gasteiger partial charge in [-0.3, -0.25) is 9.67 Å². The van der Waals surface area contributed by atoms with Crippen molar-refractivity contribution in [2.24, 2.45) is 12.0 Å². The topological polar surface area (TPSA) is 63.5 Å². The molecule has 0 amide bonds. The quantitative estimate of drug-likeness (QED) is 0.562. The first-order valence-electron chi connectivity index (χ1n) is 9.20. The van der Waals surface area contributed by atoms with E-state index in [1.54, 1.807) is 7.11 Å². The summed E-state index contributed by atoms with van der Waals surface area (Å²) < 4.78 is 7.34. The van der Waals surface area contributed by atoms with Crippen LogP contribution in [0.3, 0.4) is 0 Å². The van der Waals surface area contributed by atoms with Crippen molar-refractivity contribution in [3.63, 3.8) is 0 Å². The third-order valence-corrected chi connectivity index (χ3v) is 4.51. The van der Waals surface area contributed by atoms with E-state index in [0.717, 1.165) is 49.9 Å². The van der Waals surface area contributed by atoms with Gasteiger partial charge in [0, 0.05) is 32.4 Å². The highest BCUT2D eigenvalue weighted by Crippen LogP contribution is 2.17. The second kappa shape index (κ2) is 9.85. The summed E-state index contributed by atoms with van der Waals surface area (Å²) in [4.78, 5) is 4.70. The van der Waals surface area contributed by atoms with Crippen molar-refractivity contribution in [2.45, 2.75) is 33.6 Å². The number of aryl methyl sites for hydroxylation is 2. The van der Waals surface area contributed by atoms with Gasteiger partial charge in [-0.05, 0) is 50.8 Å². The molecule has 2 N–H and O–H groups in total. The third kappa shape index (κ3) is 5.25. The number of para-hydroxylation sites is 1. The minimum atomic E-state index is 0.733. The molecule has 0 atom stereocenters. The zero-order chi connectivity index (χ0) is 18.9. The number of hydrogen-bond acceptors (Lipinski definition) is 3. The van der Waals surface area contributed by atoms with Crippen LogP contribution in [-0.2, 0) is 19.9 Å². The summed E-state index contributed by atoms with van der Waals surface area (Å²) in [5.74, 6) is 1.78. The Bertz CT molecular complexity index is 736. The first-order valence-corrected chi connectivity index (χ1v) is 9.20. The molecule has 142 valence electrons. The summed E-state index contributed by atoms with van der Waals surface area (Å²) in [6.07, 6.45) is 1.78. The maximum Gasteiger partial charge on any atom is 0.191 e. The van der Waals surface area contributed by atoms with Crippen LogP contribution < -0.4 is 15.4 Å². The normalized spacial score (nSPS) is 11.5. The molecule has 6 nitrogen and oxygen atoms in total. The van der Waals surface area contributed by atoms with Gasteiger partial charge in [-0.1, -0.05) is 18.2 Å². The van der Waals surface area contributed by atoms with Crippen LogP contribution in [-0.4, -0.2) is 42.5 Å². The van der Waals surface area contributed by atoms with Gasteiger partial charge in [0.2, 0.25) is 0 Å². The smallest absolute Gasteiger partial charge is 0.191 e. The highest BCUT2D eigenvalue weighted by Gasteiger charge is 2.08. The summed E-state index contributed by atoms with van der Waals surface area (Å²) in [5, 5.41) is 11.2. The molecule has 0 unspecified atom stereocenters. The first kappa shape index (κ1) is 19.8. The molecule has 2 aromatic rings. The molecule has 0 aliphatic carbocycles. The summed E-state index contributed by atoms with van der Waals surface area (Å²) in [5.41, 5.74) is 4.79. The molecule has 0 fully saturated rings. The number of benzene rings is 1. The summed E-state index contributed by atoms with van der Waals surface area (Å²) >= 11 is 0. The van der Waals surface area contributed by atoms with Crippen molar-refractivity contribution < 1.29 is 4.74 Å². The van der Waals surface area contributed by atoms with Crippen LogP contribution in [0.1, 0.15) is 29.4 Å². The lowest BCUT2D eigenvalue weighted by atomic mass is 10.1. The molecule has 0 aliphatic rings. The highest BCUT2D eigenvalue weighted by molar-refractivity contribution is 5.79. The fourth-order valence-corrected chi connectivity index (χ4v) is 3.03. The minimum Gasteiger partial charge on any atom is -0.496 e. The van der Waals surface area contributed by atoms with Crippen LogP contribution in [0.2, 0.25) is 0 Å². The molecule has 26 heavy (non-hydrogen) atoms. The largest absolute Gasteiger partial charge is 0.496 e. The summed E-state index contributed by atoms with van der Waals surface area (Å²) in [7, 11) is 3.69. The van der Waals surface area contributed by atoms with Gasteiger partial charge in [-0.25, -0.2) is 0 Å². The van der Waals surface area contributed by atoms with Gasteiger partial charge in [0.15, 0.2) is 5.96 Å². The van der Waals surface area contributed by atoms with E-state index in [-0.39, 0.29) is 0 Å². The molecule has 0 saturated carbocycles. The summed E-state index contributed by atoms with van der Waals surface area (Å²) in [6, 6.07) is 8.12. The van der Waals surface area contributed by atoms with Gasteiger partial charge in [0.25, 0.3) is 0 Å². The van der Waals surface area contributed by atoms with E-state index in [4.69, 9.17) is 9.73 Å². The van der Waals surface area contributed by atoms with Crippen molar-refractivity contribution in [1.82, 2.24) is 20.4 Å². The molecule has 1 aromatic heterocycles. The molecular formula is C20H31N5O. The molecule has 2 rings (SSSR count). The molecule has 0 radical (unpaired) electrons. The number of hydrogen-bond donors (Lipinski definition) is 2. The standard InChI is InChI=1S/C20H31N5O/c1-6-21-20(22-13-11-17-9-7-8-10-19(17)26-5)23-14-12-18-15(2)24-25(4)16(18)3/h7-10H,6,11-14H2,1-5H3,(H2,21,22,23). The van der Waals surface area contributed by atoms with Gasteiger partial charge in [0.1, 0.15) is 5.75 Å². The number of ether oxygens (including phenoxy) is 1. The maximum absolute atomic E-state index is 5.41. The SMILES string of the molecule is CCNC(=NCCc1c(C)nn(C)c1C)NCCc1ccccc1OC. The lowest BCUT2D eigenvalue weighted by Gasteiger charge is -2.12. The van der Waals surface area contributed by atoms with Crippen LogP contribution in [0.25, 0.3) is 0 Å². The molecule has 0 aliphatic heterocycles. The Balaban J connectivity index is 1.90. The summed E-state index contributed by atoms with van der Waals surface area (Å²) in [6.45, 7) is 8.62. The average Bonchev–Trinajstić information content (AvgIpc) is 2.88. The zero-order valence-corrected chi connectivity index (χ0v) is 16.6. The van der Waals surface area contributed by atoms with E-state index in [2.05, 4.69) is 42.6 Å². The molecular weight excluding hydrogens is 326 g/mol. The Labute approximate surface area is 156 Å². The van der Waals surface area contributed by atoms with Crippen molar-refractivity contribution in [1.29, 1.82) is 0 Å². The maximum atomic E-state index is 5.41. The fourth-order valence-electron chi connectivity index (χ4n) is 3.03. The zero-order valence-electron chi connectivity index (χ0n) is 16.6. The Kier molecular flexibility index (Phi) is 7.51. The van der Waals surface area contributed by atoms with Gasteiger partial charge in [0.05, 0.1) is 12.8 Å². The van der Waals surface area contributed by atoms with Crippen molar-refractivity contribution in [3.8, 4) is 5.75 Å². The van der Waals surface area contributed by atoms with E-state index in [1.807, 2.05) is 29.9 Å².